The summed E-state index contributed by atoms with van der Waals surface area (Å²) in [6, 6.07) is 9.71. The zero-order valence-corrected chi connectivity index (χ0v) is 11.6. The maximum Gasteiger partial charge on any atom is 0.416 e. The largest absolute Gasteiger partial charge is 0.416 e. The molecule has 0 fully saturated rings. The zero-order valence-electron chi connectivity index (χ0n) is 10.0. The van der Waals surface area contributed by atoms with Crippen LogP contribution in [0.4, 0.5) is 24.5 Å². The Bertz CT molecular complexity index is 641. The zero-order chi connectivity index (χ0) is 14.8. The lowest BCUT2D eigenvalue weighted by atomic mass is 10.1. The predicted octanol–water partition coefficient (Wildman–Crippen LogP) is 5.02. The third-order valence-electron chi connectivity index (χ3n) is 2.61. The highest BCUT2D eigenvalue weighted by Gasteiger charge is 2.30. The van der Waals surface area contributed by atoms with E-state index in [1.165, 1.54) is 12.1 Å². The summed E-state index contributed by atoms with van der Waals surface area (Å²) in [4.78, 5) is 11.0. The van der Waals surface area contributed by atoms with Gasteiger partial charge in [0.25, 0.3) is 0 Å². The first kappa shape index (κ1) is 14.6. The lowest BCUT2D eigenvalue weighted by Gasteiger charge is -2.12. The van der Waals surface area contributed by atoms with Gasteiger partial charge in [0.1, 0.15) is 0 Å². The summed E-state index contributed by atoms with van der Waals surface area (Å²) in [5.41, 5.74) is 0.330. The van der Waals surface area contributed by atoms with Gasteiger partial charge in [0.2, 0.25) is 0 Å². The van der Waals surface area contributed by atoms with Gasteiger partial charge in [-0.25, -0.2) is 0 Å². The Hall–Kier alpha value is -1.82. The Balaban J connectivity index is 2.33. The molecule has 0 spiro atoms. The molecule has 2 aromatic rings. The predicted molar refractivity (Wildman–Crippen MR) is 74.3 cm³/mol. The van der Waals surface area contributed by atoms with Crippen LogP contribution >= 0.6 is 15.9 Å². The molecule has 2 rings (SSSR count). The molecular formula is C14H9BrF3NO. The fraction of sp³-hybridized carbons (Fsp3) is 0.0714. The molecule has 0 aliphatic rings. The molecule has 0 bridgehead atoms. The second-order valence-corrected chi connectivity index (χ2v) is 4.97. The van der Waals surface area contributed by atoms with Gasteiger partial charge >= 0.3 is 6.18 Å². The average Bonchev–Trinajstić information content (AvgIpc) is 2.40. The van der Waals surface area contributed by atoms with E-state index in [1.54, 1.807) is 18.2 Å². The molecule has 20 heavy (non-hydrogen) atoms. The molecule has 2 nitrogen and oxygen atoms in total. The van der Waals surface area contributed by atoms with Crippen molar-refractivity contribution < 1.29 is 18.0 Å². The maximum absolute atomic E-state index is 12.6. The number of hydrogen-bond donors (Lipinski definition) is 1. The number of aldehydes is 1. The summed E-state index contributed by atoms with van der Waals surface area (Å²) in [6.45, 7) is 0. The van der Waals surface area contributed by atoms with Gasteiger partial charge in [0.15, 0.2) is 6.29 Å². The van der Waals surface area contributed by atoms with Gasteiger partial charge in [-0.05, 0) is 36.4 Å². The average molecular weight is 344 g/mol. The van der Waals surface area contributed by atoms with E-state index in [4.69, 9.17) is 0 Å². The second-order valence-electron chi connectivity index (χ2n) is 4.05. The summed E-state index contributed by atoms with van der Waals surface area (Å²) in [6.07, 6.45) is -3.76. The van der Waals surface area contributed by atoms with Crippen molar-refractivity contribution >= 4 is 33.6 Å². The highest BCUT2D eigenvalue weighted by Crippen LogP contribution is 2.32. The molecule has 6 heteroatoms. The van der Waals surface area contributed by atoms with Crippen molar-refractivity contribution in [1.82, 2.24) is 0 Å². The van der Waals surface area contributed by atoms with E-state index in [2.05, 4.69) is 21.2 Å². The molecule has 0 heterocycles. The molecule has 0 atom stereocenters. The van der Waals surface area contributed by atoms with Gasteiger partial charge in [-0.15, -0.1) is 0 Å². The number of rotatable bonds is 3. The van der Waals surface area contributed by atoms with Crippen LogP contribution in [-0.2, 0) is 6.18 Å². The van der Waals surface area contributed by atoms with Gasteiger partial charge in [-0.2, -0.15) is 13.2 Å². The highest BCUT2D eigenvalue weighted by molar-refractivity contribution is 9.10. The topological polar surface area (TPSA) is 29.1 Å². The number of hydrogen-bond acceptors (Lipinski definition) is 2. The van der Waals surface area contributed by atoms with Gasteiger partial charge < -0.3 is 5.32 Å². The molecular weight excluding hydrogens is 335 g/mol. The van der Waals surface area contributed by atoms with Crippen LogP contribution in [0.2, 0.25) is 0 Å². The quantitative estimate of drug-likeness (QED) is 0.792. The standard InChI is InChI=1S/C14H9BrF3NO/c15-11-4-5-13(9(6-11)8-20)19-12-3-1-2-10(7-12)14(16,17)18/h1-8,19H. The van der Waals surface area contributed by atoms with E-state index in [0.717, 1.165) is 12.1 Å². The van der Waals surface area contributed by atoms with Crippen molar-refractivity contribution in [3.05, 3.63) is 58.1 Å². The van der Waals surface area contributed by atoms with Crippen LogP contribution in [0.25, 0.3) is 0 Å². The number of nitrogens with one attached hydrogen (secondary N) is 1. The van der Waals surface area contributed by atoms with Crippen molar-refractivity contribution in [2.45, 2.75) is 6.18 Å². The summed E-state index contributed by atoms with van der Waals surface area (Å²) < 4.78 is 38.6. The minimum atomic E-state index is -4.40. The Morgan fingerprint density at radius 3 is 2.50 bits per heavy atom. The maximum atomic E-state index is 12.6. The van der Waals surface area contributed by atoms with E-state index in [1.807, 2.05) is 0 Å². The number of halogens is 4. The lowest BCUT2D eigenvalue weighted by Crippen LogP contribution is -2.05. The third-order valence-corrected chi connectivity index (χ3v) is 3.10. The molecule has 0 aromatic heterocycles. The first-order valence-electron chi connectivity index (χ1n) is 5.59. The molecule has 0 unspecified atom stereocenters. The van der Waals surface area contributed by atoms with Crippen LogP contribution in [0.5, 0.6) is 0 Å². The van der Waals surface area contributed by atoms with Crippen molar-refractivity contribution in [2.24, 2.45) is 0 Å². The summed E-state index contributed by atoms with van der Waals surface area (Å²) >= 11 is 3.22. The number of carbonyl (C=O) groups excluding carboxylic acids is 1. The van der Waals surface area contributed by atoms with Crippen LogP contribution in [0.1, 0.15) is 15.9 Å². The molecule has 104 valence electrons. The Labute approximate surface area is 121 Å². The van der Waals surface area contributed by atoms with E-state index in [0.29, 0.717) is 22.0 Å². The van der Waals surface area contributed by atoms with Gasteiger partial charge in [-0.1, -0.05) is 22.0 Å². The summed E-state index contributed by atoms with van der Waals surface area (Å²) in [7, 11) is 0. The smallest absolute Gasteiger partial charge is 0.355 e. The van der Waals surface area contributed by atoms with Crippen molar-refractivity contribution in [2.75, 3.05) is 5.32 Å². The first-order valence-corrected chi connectivity index (χ1v) is 6.38. The van der Waals surface area contributed by atoms with Crippen molar-refractivity contribution in [1.29, 1.82) is 0 Å². The molecule has 0 saturated carbocycles. The number of alkyl halides is 3. The van der Waals surface area contributed by atoms with Crippen molar-refractivity contribution in [3.63, 3.8) is 0 Å². The number of carbonyl (C=O) groups is 1. The normalized spacial score (nSPS) is 11.2. The Morgan fingerprint density at radius 2 is 1.85 bits per heavy atom. The van der Waals surface area contributed by atoms with Crippen molar-refractivity contribution in [3.8, 4) is 0 Å². The second kappa shape index (κ2) is 5.66. The van der Waals surface area contributed by atoms with Crippen LogP contribution in [0.3, 0.4) is 0 Å². The molecule has 0 amide bonds. The van der Waals surface area contributed by atoms with Gasteiger partial charge in [0, 0.05) is 21.4 Å². The van der Waals surface area contributed by atoms with E-state index in [-0.39, 0.29) is 5.69 Å². The molecule has 0 aliphatic heterocycles. The van der Waals surface area contributed by atoms with Crippen LogP contribution in [0.15, 0.2) is 46.9 Å². The van der Waals surface area contributed by atoms with E-state index >= 15 is 0 Å². The monoisotopic (exact) mass is 343 g/mol. The van der Waals surface area contributed by atoms with Gasteiger partial charge in [-0.3, -0.25) is 4.79 Å². The first-order chi connectivity index (χ1) is 9.40. The number of anilines is 2. The SMILES string of the molecule is O=Cc1cc(Br)ccc1Nc1cccc(C(F)(F)F)c1. The summed E-state index contributed by atoms with van der Waals surface area (Å²) in [5, 5.41) is 2.81. The minimum Gasteiger partial charge on any atom is -0.355 e. The Kier molecular flexibility index (Phi) is 4.13. The molecule has 0 saturated heterocycles. The lowest BCUT2D eigenvalue weighted by molar-refractivity contribution is -0.137. The van der Waals surface area contributed by atoms with Crippen LogP contribution < -0.4 is 5.32 Å². The molecule has 1 N–H and O–H groups in total. The van der Waals surface area contributed by atoms with E-state index < -0.39 is 11.7 Å². The van der Waals surface area contributed by atoms with Crippen LogP contribution in [-0.4, -0.2) is 6.29 Å². The van der Waals surface area contributed by atoms with Gasteiger partial charge in [0.05, 0.1) is 5.56 Å². The highest BCUT2D eigenvalue weighted by atomic mass is 79.9. The fourth-order valence-corrected chi connectivity index (χ4v) is 2.05. The fourth-order valence-electron chi connectivity index (χ4n) is 1.67. The van der Waals surface area contributed by atoms with Crippen LogP contribution in [0, 0.1) is 0 Å². The molecule has 0 radical (unpaired) electrons. The molecule has 0 aliphatic carbocycles. The molecule has 2 aromatic carbocycles. The number of benzene rings is 2. The Morgan fingerprint density at radius 1 is 1.10 bits per heavy atom. The minimum absolute atomic E-state index is 0.269. The van der Waals surface area contributed by atoms with E-state index in [9.17, 15) is 18.0 Å². The third kappa shape index (κ3) is 3.39. The summed E-state index contributed by atoms with van der Waals surface area (Å²) in [5.74, 6) is 0.